The van der Waals surface area contributed by atoms with E-state index in [4.69, 9.17) is 9.47 Å². The zero-order valence-electron chi connectivity index (χ0n) is 13.6. The van der Waals surface area contributed by atoms with Gasteiger partial charge in [-0.2, -0.15) is 0 Å². The molecule has 122 valence electrons. The van der Waals surface area contributed by atoms with Crippen LogP contribution in [0.25, 0.3) is 0 Å². The summed E-state index contributed by atoms with van der Waals surface area (Å²) in [5, 5.41) is 3.38. The first-order chi connectivity index (χ1) is 10.8. The summed E-state index contributed by atoms with van der Waals surface area (Å²) in [6, 6.07) is 6.09. The highest BCUT2D eigenvalue weighted by Gasteiger charge is 2.09. The second kappa shape index (κ2) is 9.49. The number of unbranched alkanes of at least 4 members (excludes halogenated alkanes) is 1. The topological polar surface area (TPSA) is 33.7 Å². The lowest BCUT2D eigenvalue weighted by Gasteiger charge is -2.27. The molecule has 0 bridgehead atoms. The molecular weight excluding hydrogens is 276 g/mol. The molecule has 1 saturated heterocycles. The Morgan fingerprint density at radius 1 is 1.23 bits per heavy atom. The maximum atomic E-state index is 5.87. The first-order valence-electron chi connectivity index (χ1n) is 8.17. The van der Waals surface area contributed by atoms with Gasteiger partial charge in [0.05, 0.1) is 13.7 Å². The lowest BCUT2D eigenvalue weighted by atomic mass is 10.1. The third-order valence-electron chi connectivity index (χ3n) is 3.94. The Morgan fingerprint density at radius 3 is 2.77 bits per heavy atom. The van der Waals surface area contributed by atoms with Gasteiger partial charge in [0, 0.05) is 26.2 Å². The molecule has 22 heavy (non-hydrogen) atoms. The number of benzene rings is 1. The van der Waals surface area contributed by atoms with E-state index in [2.05, 4.69) is 22.9 Å². The monoisotopic (exact) mass is 304 g/mol. The Balaban J connectivity index is 1.70. The standard InChI is InChI=1S/C18H28N2O2/c1-3-6-16-7-8-17(18(15-16)21-2)22-14-5-4-11-20-12-9-19-10-13-20/h3,7-8,15,19H,1,4-6,9-14H2,2H3. The van der Waals surface area contributed by atoms with Crippen LogP contribution in [0.5, 0.6) is 11.5 Å². The highest BCUT2D eigenvalue weighted by atomic mass is 16.5. The van der Waals surface area contributed by atoms with Gasteiger partial charge in [0.1, 0.15) is 0 Å². The van der Waals surface area contributed by atoms with Crippen molar-refractivity contribution in [3.8, 4) is 11.5 Å². The largest absolute Gasteiger partial charge is 0.493 e. The van der Waals surface area contributed by atoms with E-state index in [1.807, 2.05) is 18.2 Å². The molecule has 0 amide bonds. The Bertz CT molecular complexity index is 456. The third kappa shape index (κ3) is 5.35. The van der Waals surface area contributed by atoms with Crippen LogP contribution in [0.1, 0.15) is 18.4 Å². The number of piperazine rings is 1. The number of hydrogen-bond acceptors (Lipinski definition) is 4. The van der Waals surface area contributed by atoms with Crippen molar-refractivity contribution in [2.45, 2.75) is 19.3 Å². The number of nitrogens with zero attached hydrogens (tertiary/aromatic N) is 1. The molecule has 4 heteroatoms. The van der Waals surface area contributed by atoms with Crippen LogP contribution < -0.4 is 14.8 Å². The summed E-state index contributed by atoms with van der Waals surface area (Å²) in [6.07, 6.45) is 4.99. The van der Waals surface area contributed by atoms with Crippen LogP contribution in [0.15, 0.2) is 30.9 Å². The van der Waals surface area contributed by atoms with E-state index in [1.165, 1.54) is 31.6 Å². The fourth-order valence-electron chi connectivity index (χ4n) is 2.68. The molecule has 0 unspecified atom stereocenters. The van der Waals surface area contributed by atoms with Gasteiger partial charge in [0.15, 0.2) is 11.5 Å². The zero-order chi connectivity index (χ0) is 15.6. The van der Waals surface area contributed by atoms with Gasteiger partial charge in [-0.05, 0) is 43.5 Å². The van der Waals surface area contributed by atoms with Crippen LogP contribution in [0, 0.1) is 0 Å². The number of methoxy groups -OCH3 is 1. The molecule has 2 rings (SSSR count). The summed E-state index contributed by atoms with van der Waals surface area (Å²) in [6.45, 7) is 10.2. The molecule has 0 spiro atoms. The molecule has 0 atom stereocenters. The predicted octanol–water partition coefficient (Wildman–Crippen LogP) is 2.49. The van der Waals surface area contributed by atoms with Gasteiger partial charge in [-0.1, -0.05) is 12.1 Å². The fourth-order valence-corrected chi connectivity index (χ4v) is 2.68. The molecule has 0 radical (unpaired) electrons. The van der Waals surface area contributed by atoms with Crippen molar-refractivity contribution in [3.05, 3.63) is 36.4 Å². The van der Waals surface area contributed by atoms with E-state index in [-0.39, 0.29) is 0 Å². The molecule has 0 aromatic heterocycles. The van der Waals surface area contributed by atoms with E-state index in [0.29, 0.717) is 0 Å². The van der Waals surface area contributed by atoms with Gasteiger partial charge in [0.25, 0.3) is 0 Å². The molecule has 0 aliphatic carbocycles. The van der Waals surface area contributed by atoms with Crippen molar-refractivity contribution in [1.82, 2.24) is 10.2 Å². The van der Waals surface area contributed by atoms with Gasteiger partial charge in [-0.15, -0.1) is 6.58 Å². The van der Waals surface area contributed by atoms with Crippen molar-refractivity contribution in [1.29, 1.82) is 0 Å². The van der Waals surface area contributed by atoms with E-state index in [0.717, 1.165) is 44.0 Å². The quantitative estimate of drug-likeness (QED) is 0.561. The maximum absolute atomic E-state index is 5.87. The first kappa shape index (κ1) is 16.8. The van der Waals surface area contributed by atoms with Crippen LogP contribution in [-0.2, 0) is 6.42 Å². The number of nitrogens with one attached hydrogen (secondary N) is 1. The van der Waals surface area contributed by atoms with Crippen LogP contribution in [0.2, 0.25) is 0 Å². The van der Waals surface area contributed by atoms with E-state index in [9.17, 15) is 0 Å². The summed E-state index contributed by atoms with van der Waals surface area (Å²) in [4.78, 5) is 2.52. The van der Waals surface area contributed by atoms with Crippen LogP contribution in [0.3, 0.4) is 0 Å². The van der Waals surface area contributed by atoms with Gasteiger partial charge in [-0.3, -0.25) is 0 Å². The van der Waals surface area contributed by atoms with Crippen LogP contribution in [-0.4, -0.2) is 51.3 Å². The zero-order valence-corrected chi connectivity index (χ0v) is 13.6. The van der Waals surface area contributed by atoms with Crippen molar-refractivity contribution in [2.75, 3.05) is 46.4 Å². The summed E-state index contributed by atoms with van der Waals surface area (Å²) in [7, 11) is 1.68. The van der Waals surface area contributed by atoms with Crippen molar-refractivity contribution >= 4 is 0 Å². The minimum atomic E-state index is 0.739. The SMILES string of the molecule is C=CCc1ccc(OCCCCN2CCNCC2)c(OC)c1. The average molecular weight is 304 g/mol. The number of ether oxygens (including phenoxy) is 2. The van der Waals surface area contributed by atoms with Gasteiger partial charge >= 0.3 is 0 Å². The molecule has 1 N–H and O–H groups in total. The molecule has 1 aromatic rings. The summed E-state index contributed by atoms with van der Waals surface area (Å²) < 4.78 is 11.3. The van der Waals surface area contributed by atoms with E-state index in [1.54, 1.807) is 7.11 Å². The third-order valence-corrected chi connectivity index (χ3v) is 3.94. The highest BCUT2D eigenvalue weighted by Crippen LogP contribution is 2.28. The van der Waals surface area contributed by atoms with Crippen molar-refractivity contribution < 1.29 is 9.47 Å². The normalized spacial score (nSPS) is 15.5. The Morgan fingerprint density at radius 2 is 2.05 bits per heavy atom. The summed E-state index contributed by atoms with van der Waals surface area (Å²) >= 11 is 0. The molecule has 1 aliphatic heterocycles. The molecular formula is C18H28N2O2. The number of allylic oxidation sites excluding steroid dienone is 1. The average Bonchev–Trinajstić information content (AvgIpc) is 2.56. The molecule has 1 fully saturated rings. The van der Waals surface area contributed by atoms with Crippen LogP contribution in [0.4, 0.5) is 0 Å². The molecule has 1 aromatic carbocycles. The molecule has 4 nitrogen and oxygen atoms in total. The lowest BCUT2D eigenvalue weighted by Crippen LogP contribution is -2.43. The Hall–Kier alpha value is -1.52. The first-order valence-corrected chi connectivity index (χ1v) is 8.17. The fraction of sp³-hybridized carbons (Fsp3) is 0.556. The van der Waals surface area contributed by atoms with Gasteiger partial charge < -0.3 is 19.7 Å². The second-order valence-electron chi connectivity index (χ2n) is 5.63. The van der Waals surface area contributed by atoms with Gasteiger partial charge in [-0.25, -0.2) is 0 Å². The number of rotatable bonds is 9. The molecule has 0 saturated carbocycles. The lowest BCUT2D eigenvalue weighted by molar-refractivity contribution is 0.224. The van der Waals surface area contributed by atoms with Crippen LogP contribution >= 0.6 is 0 Å². The van der Waals surface area contributed by atoms with E-state index < -0.39 is 0 Å². The minimum absolute atomic E-state index is 0.739. The summed E-state index contributed by atoms with van der Waals surface area (Å²) in [5.41, 5.74) is 1.19. The van der Waals surface area contributed by atoms with E-state index >= 15 is 0 Å². The molecule has 1 aliphatic rings. The van der Waals surface area contributed by atoms with Crippen molar-refractivity contribution in [3.63, 3.8) is 0 Å². The highest BCUT2D eigenvalue weighted by molar-refractivity contribution is 5.43. The Labute approximate surface area is 134 Å². The molecule has 1 heterocycles. The predicted molar refractivity (Wildman–Crippen MR) is 90.9 cm³/mol. The minimum Gasteiger partial charge on any atom is -0.493 e. The van der Waals surface area contributed by atoms with Crippen molar-refractivity contribution in [2.24, 2.45) is 0 Å². The smallest absolute Gasteiger partial charge is 0.161 e. The maximum Gasteiger partial charge on any atom is 0.161 e. The number of hydrogen-bond donors (Lipinski definition) is 1. The summed E-state index contributed by atoms with van der Waals surface area (Å²) in [5.74, 6) is 1.64. The Kier molecular flexibility index (Phi) is 7.26. The second-order valence-corrected chi connectivity index (χ2v) is 5.63. The van der Waals surface area contributed by atoms with Gasteiger partial charge in [0.2, 0.25) is 0 Å².